The van der Waals surface area contributed by atoms with Crippen molar-refractivity contribution in [3.63, 3.8) is 0 Å². The average molecular weight is 441 g/mol. The Labute approximate surface area is 149 Å². The topological polar surface area (TPSA) is 98.1 Å². The zero-order valence-corrected chi connectivity index (χ0v) is 15.7. The van der Waals surface area contributed by atoms with E-state index in [2.05, 4.69) is 20.9 Å². The number of aryl methyl sites for hydroxylation is 1. The van der Waals surface area contributed by atoms with E-state index < -0.39 is 15.9 Å². The largest absolute Gasteiger partial charge is 0.307 e. The molecule has 2 rings (SSSR count). The molecule has 0 spiro atoms. The van der Waals surface area contributed by atoms with Crippen LogP contribution in [0.4, 0.5) is 0 Å². The molecule has 124 valence electrons. The quantitative estimate of drug-likeness (QED) is 0.716. The van der Waals surface area contributed by atoms with Crippen LogP contribution in [-0.2, 0) is 21.4 Å². The van der Waals surface area contributed by atoms with E-state index in [1.165, 1.54) is 10.6 Å². The highest BCUT2D eigenvalue weighted by atomic mass is 79.9. The SMILES string of the molecule is Cc1csc(=O)n1CCC(=O)NS(=O)(=O)c1cnc(Cl)c(Br)c1. The number of nitrogens with zero attached hydrogens (tertiary/aromatic N) is 2. The number of rotatable bonds is 5. The molecule has 0 saturated carbocycles. The number of pyridine rings is 1. The normalized spacial score (nSPS) is 11.4. The standard InChI is InChI=1S/C12H11BrClN3O4S2/c1-7-6-22-12(19)17(7)3-2-10(18)16-23(20,21)8-4-9(13)11(14)15-5-8/h4-6H,2-3H2,1H3,(H,16,18). The van der Waals surface area contributed by atoms with Gasteiger partial charge in [0.2, 0.25) is 5.91 Å². The Morgan fingerprint density at radius 1 is 1.52 bits per heavy atom. The van der Waals surface area contributed by atoms with E-state index in [-0.39, 0.29) is 27.9 Å². The number of amides is 1. The van der Waals surface area contributed by atoms with E-state index in [0.717, 1.165) is 23.2 Å². The molecule has 7 nitrogen and oxygen atoms in total. The Bertz CT molecular complexity index is 907. The Kier molecular flexibility index (Phi) is 5.61. The van der Waals surface area contributed by atoms with E-state index >= 15 is 0 Å². The van der Waals surface area contributed by atoms with Crippen LogP contribution in [0.25, 0.3) is 0 Å². The predicted molar refractivity (Wildman–Crippen MR) is 90.2 cm³/mol. The Hall–Kier alpha value is -1.23. The van der Waals surface area contributed by atoms with E-state index in [1.54, 1.807) is 12.3 Å². The van der Waals surface area contributed by atoms with Crippen LogP contribution in [0.2, 0.25) is 5.15 Å². The number of carbonyl (C=O) groups is 1. The van der Waals surface area contributed by atoms with Crippen LogP contribution in [0.3, 0.4) is 0 Å². The Balaban J connectivity index is 2.06. The van der Waals surface area contributed by atoms with Crippen molar-refractivity contribution in [2.75, 3.05) is 0 Å². The fraction of sp³-hybridized carbons (Fsp3) is 0.250. The van der Waals surface area contributed by atoms with Gasteiger partial charge < -0.3 is 4.57 Å². The van der Waals surface area contributed by atoms with Crippen molar-refractivity contribution >= 4 is 54.8 Å². The lowest BCUT2D eigenvalue weighted by Crippen LogP contribution is -2.32. The van der Waals surface area contributed by atoms with Gasteiger partial charge in [-0.1, -0.05) is 22.9 Å². The predicted octanol–water partition coefficient (Wildman–Crippen LogP) is 1.92. The lowest BCUT2D eigenvalue weighted by Gasteiger charge is -2.08. The van der Waals surface area contributed by atoms with Crippen molar-refractivity contribution in [2.24, 2.45) is 0 Å². The van der Waals surface area contributed by atoms with Crippen molar-refractivity contribution in [1.82, 2.24) is 14.3 Å². The van der Waals surface area contributed by atoms with Crippen LogP contribution in [-0.4, -0.2) is 23.9 Å². The smallest absolute Gasteiger partial charge is 0.303 e. The van der Waals surface area contributed by atoms with Crippen molar-refractivity contribution in [2.45, 2.75) is 24.8 Å². The summed E-state index contributed by atoms with van der Waals surface area (Å²) in [5.41, 5.74) is 0.724. The lowest BCUT2D eigenvalue weighted by atomic mass is 10.4. The van der Waals surface area contributed by atoms with Crippen molar-refractivity contribution in [1.29, 1.82) is 0 Å². The summed E-state index contributed by atoms with van der Waals surface area (Å²) in [4.78, 5) is 26.7. The van der Waals surface area contributed by atoms with Gasteiger partial charge in [-0.2, -0.15) is 0 Å². The van der Waals surface area contributed by atoms with Gasteiger partial charge in [-0.25, -0.2) is 18.1 Å². The maximum Gasteiger partial charge on any atom is 0.307 e. The molecule has 1 N–H and O–H groups in total. The molecule has 2 aromatic heterocycles. The lowest BCUT2D eigenvalue weighted by molar-refractivity contribution is -0.119. The van der Waals surface area contributed by atoms with Gasteiger partial charge in [0.25, 0.3) is 10.0 Å². The fourth-order valence-corrected chi connectivity index (χ4v) is 4.05. The van der Waals surface area contributed by atoms with Gasteiger partial charge in [0, 0.05) is 30.2 Å². The molecule has 0 radical (unpaired) electrons. The molecule has 0 fully saturated rings. The molecule has 0 atom stereocenters. The second-order valence-electron chi connectivity index (χ2n) is 4.52. The number of thiazole rings is 1. The van der Waals surface area contributed by atoms with Crippen molar-refractivity contribution in [3.8, 4) is 0 Å². The van der Waals surface area contributed by atoms with Crippen LogP contribution in [0.1, 0.15) is 12.1 Å². The molecule has 0 aliphatic rings. The summed E-state index contributed by atoms with van der Waals surface area (Å²) in [6.07, 6.45) is 0.912. The second-order valence-corrected chi connectivity index (χ2v) is 8.23. The van der Waals surface area contributed by atoms with Crippen LogP contribution in [0.15, 0.2) is 31.8 Å². The van der Waals surface area contributed by atoms with Gasteiger partial charge in [0.05, 0.1) is 4.47 Å². The third-order valence-corrected chi connectivity index (χ3v) is 6.22. The van der Waals surface area contributed by atoms with Crippen LogP contribution >= 0.6 is 38.9 Å². The van der Waals surface area contributed by atoms with Crippen molar-refractivity contribution in [3.05, 3.63) is 42.6 Å². The summed E-state index contributed by atoms with van der Waals surface area (Å²) in [6.45, 7) is 1.85. The minimum Gasteiger partial charge on any atom is -0.303 e. The Morgan fingerprint density at radius 2 is 2.22 bits per heavy atom. The zero-order chi connectivity index (χ0) is 17.2. The molecule has 0 aromatic carbocycles. The Morgan fingerprint density at radius 3 is 2.78 bits per heavy atom. The molecule has 2 aromatic rings. The monoisotopic (exact) mass is 439 g/mol. The molecule has 0 bridgehead atoms. The van der Waals surface area contributed by atoms with Gasteiger partial charge in [0.15, 0.2) is 0 Å². The highest BCUT2D eigenvalue weighted by Crippen LogP contribution is 2.22. The summed E-state index contributed by atoms with van der Waals surface area (Å²) < 4.78 is 27.9. The summed E-state index contributed by atoms with van der Waals surface area (Å²) in [7, 11) is -4.05. The molecule has 11 heteroatoms. The van der Waals surface area contributed by atoms with E-state index in [0.29, 0.717) is 4.47 Å². The summed E-state index contributed by atoms with van der Waals surface area (Å²) in [6, 6.07) is 1.25. The number of nitrogens with one attached hydrogen (secondary N) is 1. The molecular formula is C12H11BrClN3O4S2. The molecule has 0 aliphatic carbocycles. The van der Waals surface area contributed by atoms with Gasteiger partial charge >= 0.3 is 4.87 Å². The van der Waals surface area contributed by atoms with Gasteiger partial charge in [-0.3, -0.25) is 9.59 Å². The number of aromatic nitrogens is 2. The number of hydrogen-bond acceptors (Lipinski definition) is 6. The molecule has 0 saturated heterocycles. The maximum atomic E-state index is 12.1. The van der Waals surface area contributed by atoms with Crippen LogP contribution in [0.5, 0.6) is 0 Å². The molecule has 0 unspecified atom stereocenters. The molecule has 23 heavy (non-hydrogen) atoms. The molecule has 2 heterocycles. The highest BCUT2D eigenvalue weighted by molar-refractivity contribution is 9.10. The number of sulfonamides is 1. The van der Waals surface area contributed by atoms with E-state index in [4.69, 9.17) is 11.6 Å². The van der Waals surface area contributed by atoms with Gasteiger partial charge in [-0.05, 0) is 28.9 Å². The molecular weight excluding hydrogens is 430 g/mol. The fourth-order valence-electron chi connectivity index (χ4n) is 1.70. The van der Waals surface area contributed by atoms with E-state index in [9.17, 15) is 18.0 Å². The third kappa shape index (κ3) is 4.40. The van der Waals surface area contributed by atoms with Gasteiger partial charge in [-0.15, -0.1) is 0 Å². The minimum atomic E-state index is -4.05. The summed E-state index contributed by atoms with van der Waals surface area (Å²) in [5, 5.41) is 1.79. The van der Waals surface area contributed by atoms with Crippen LogP contribution in [0, 0.1) is 6.92 Å². The second kappa shape index (κ2) is 7.12. The molecule has 0 aliphatic heterocycles. The first-order valence-electron chi connectivity index (χ1n) is 6.22. The average Bonchev–Trinajstić information content (AvgIpc) is 2.78. The first-order valence-corrected chi connectivity index (χ1v) is 9.75. The first-order chi connectivity index (χ1) is 10.7. The molecule has 1 amide bonds. The number of halogens is 2. The third-order valence-electron chi connectivity index (χ3n) is 2.87. The first kappa shape index (κ1) is 18.1. The number of carbonyl (C=O) groups excluding carboxylic acids is 1. The zero-order valence-electron chi connectivity index (χ0n) is 11.7. The minimum absolute atomic E-state index is 0.109. The van der Waals surface area contributed by atoms with E-state index in [1.807, 2.05) is 4.72 Å². The maximum absolute atomic E-state index is 12.1. The van der Waals surface area contributed by atoms with Crippen molar-refractivity contribution < 1.29 is 13.2 Å². The number of hydrogen-bond donors (Lipinski definition) is 1. The summed E-state index contributed by atoms with van der Waals surface area (Å²) in [5.74, 6) is -0.714. The van der Waals surface area contributed by atoms with Crippen LogP contribution < -0.4 is 9.60 Å². The highest BCUT2D eigenvalue weighted by Gasteiger charge is 2.19. The summed E-state index contributed by atoms with van der Waals surface area (Å²) >= 11 is 9.80. The van der Waals surface area contributed by atoms with Gasteiger partial charge in [0.1, 0.15) is 10.0 Å².